The third-order valence-electron chi connectivity index (χ3n) is 15.6. The van der Waals surface area contributed by atoms with Gasteiger partial charge in [-0.2, -0.15) is 0 Å². The van der Waals surface area contributed by atoms with Crippen LogP contribution in [0.15, 0.2) is 30.3 Å². The van der Waals surface area contributed by atoms with E-state index in [1.54, 1.807) is 26.2 Å². The van der Waals surface area contributed by atoms with Gasteiger partial charge >= 0.3 is 0 Å². The molecule has 2 aliphatic heterocycles. The minimum absolute atomic E-state index is 0.000114. The Labute approximate surface area is 393 Å². The number of benzene rings is 1. The van der Waals surface area contributed by atoms with Crippen LogP contribution in [0.4, 0.5) is 0 Å². The molecule has 1 aromatic rings. The van der Waals surface area contributed by atoms with Gasteiger partial charge in [-0.05, 0) is 101 Å². The fourth-order valence-corrected chi connectivity index (χ4v) is 11.5. The average Bonchev–Trinajstić information content (AvgIpc) is 3.82. The molecule has 0 unspecified atom stereocenters. The zero-order valence-electron chi connectivity index (χ0n) is 42.4. The molecule has 1 aromatic carbocycles. The first kappa shape index (κ1) is 54.4. The van der Waals surface area contributed by atoms with E-state index in [1.165, 1.54) is 0 Å². The van der Waals surface area contributed by atoms with Crippen LogP contribution >= 0.6 is 0 Å². The molecular weight excluding hydrogens is 819 g/mol. The predicted octanol–water partition coefficient (Wildman–Crippen LogP) is 7.76. The van der Waals surface area contributed by atoms with Crippen molar-refractivity contribution in [3.8, 4) is 0 Å². The van der Waals surface area contributed by atoms with Gasteiger partial charge in [0.1, 0.15) is 5.78 Å². The number of piperidine rings is 1. The number of unbranched alkanes of at least 4 members (excludes halogenated alkanes) is 3. The summed E-state index contributed by atoms with van der Waals surface area (Å²) in [6, 6.07) is 9.08. The van der Waals surface area contributed by atoms with Crippen molar-refractivity contribution in [3.63, 3.8) is 0 Å². The van der Waals surface area contributed by atoms with E-state index in [0.717, 1.165) is 83.0 Å². The number of nitrogens with zero attached hydrogens (tertiary/aromatic N) is 4. The van der Waals surface area contributed by atoms with Crippen molar-refractivity contribution in [2.45, 2.75) is 175 Å². The molecule has 1 saturated carbocycles. The van der Waals surface area contributed by atoms with E-state index in [9.17, 15) is 24.0 Å². The van der Waals surface area contributed by atoms with Crippen LogP contribution in [-0.4, -0.2) is 140 Å². The quantitative estimate of drug-likeness (QED) is 0.0836. The molecule has 12 nitrogen and oxygen atoms in total. The van der Waals surface area contributed by atoms with Gasteiger partial charge in [-0.25, -0.2) is 0 Å². The van der Waals surface area contributed by atoms with E-state index in [4.69, 9.17) is 15.2 Å². The third-order valence-corrected chi connectivity index (χ3v) is 15.6. The molecule has 368 valence electrons. The van der Waals surface area contributed by atoms with Crippen molar-refractivity contribution in [2.24, 2.45) is 40.7 Å². The van der Waals surface area contributed by atoms with Gasteiger partial charge in [-0.1, -0.05) is 98.1 Å². The molecule has 3 amide bonds. The molecule has 3 fully saturated rings. The fraction of sp³-hybridized carbons (Fsp3) is 0.792. The van der Waals surface area contributed by atoms with Crippen molar-refractivity contribution >= 4 is 29.3 Å². The third kappa shape index (κ3) is 13.7. The molecular formula is C53H89N5O7. The van der Waals surface area contributed by atoms with Crippen molar-refractivity contribution in [1.82, 2.24) is 19.6 Å². The van der Waals surface area contributed by atoms with Gasteiger partial charge in [0.25, 0.3) is 0 Å². The lowest BCUT2D eigenvalue weighted by molar-refractivity contribution is -0.149. The largest absolute Gasteiger partial charge is 0.379 e. The van der Waals surface area contributed by atoms with Gasteiger partial charge in [-0.3, -0.25) is 28.9 Å². The molecule has 0 aromatic heterocycles. The minimum atomic E-state index is -0.758. The zero-order chi connectivity index (χ0) is 48.0. The van der Waals surface area contributed by atoms with E-state index in [1.807, 2.05) is 55.8 Å². The van der Waals surface area contributed by atoms with Crippen LogP contribution < -0.4 is 5.73 Å². The SMILES string of the molecule is CC[C@H](C)[C@@H]([C@@H](CC(=O)N1CCC[C@H]1[C@H](OC)[C@@H](C)C(=O)C[C@@]1(C(=O)N2CCCCC2)C[C@@H]1c1ccccc1)OC)N(C)C(=O)[C@@H](CC(=O)[C@H](C(C)C)N(C)CCCCCCN)C(C)C. The maximum absolute atomic E-state index is 14.7. The summed E-state index contributed by atoms with van der Waals surface area (Å²) in [7, 11) is 7.05. The van der Waals surface area contributed by atoms with Crippen LogP contribution in [0.2, 0.25) is 0 Å². The number of hydrogen-bond donors (Lipinski definition) is 1. The van der Waals surface area contributed by atoms with E-state index in [-0.39, 0.29) is 84.3 Å². The normalized spacial score (nSPS) is 23.2. The number of ether oxygens (including phenoxy) is 2. The maximum atomic E-state index is 14.7. The highest BCUT2D eigenvalue weighted by Gasteiger charge is 2.62. The number of methoxy groups -OCH3 is 2. The smallest absolute Gasteiger partial charge is 0.229 e. The molecule has 65 heavy (non-hydrogen) atoms. The molecule has 2 saturated heterocycles. The topological polar surface area (TPSA) is 143 Å². The fourth-order valence-electron chi connectivity index (χ4n) is 11.5. The monoisotopic (exact) mass is 908 g/mol. The zero-order valence-corrected chi connectivity index (χ0v) is 42.4. The van der Waals surface area contributed by atoms with Crippen LogP contribution in [0.5, 0.6) is 0 Å². The first-order valence-electron chi connectivity index (χ1n) is 25.4. The minimum Gasteiger partial charge on any atom is -0.379 e. The summed E-state index contributed by atoms with van der Waals surface area (Å²) in [5, 5.41) is 0. The second-order valence-electron chi connectivity index (χ2n) is 20.8. The summed E-state index contributed by atoms with van der Waals surface area (Å²) in [4.78, 5) is 79.9. The standard InChI is InChI=1S/C53H89N5O7/c1-12-38(6)49(56(9)51(62)41(36(2)3)32-44(59)48(37(4)5)55(8)28-20-14-13-19-27-54)46(64-10)33-47(61)58-31-23-26-43(58)50(65-11)39(7)45(60)35-53(52(63)57-29-21-16-22-30-57)34-42(53)40-24-17-15-18-25-40/h15,17-18,24-25,36-39,41-43,46,48-50H,12-14,16,19-23,26-35,54H2,1-11H3/t38-,39-,41-,42+,43-,46+,48-,49-,50+,53-/m0/s1. The second kappa shape index (κ2) is 25.8. The van der Waals surface area contributed by atoms with Gasteiger partial charge in [0.2, 0.25) is 17.7 Å². The Morgan fingerprint density at radius 1 is 0.815 bits per heavy atom. The number of Topliss-reactive ketones (excluding diaryl/α,β-unsaturated/α-hetero) is 2. The molecule has 4 rings (SSSR count). The number of likely N-dealkylation sites (N-methyl/N-ethyl adjacent to an activating group) is 2. The Balaban J connectivity index is 1.48. The summed E-state index contributed by atoms with van der Waals surface area (Å²) >= 11 is 0. The maximum Gasteiger partial charge on any atom is 0.229 e. The van der Waals surface area contributed by atoms with Crippen LogP contribution in [0.3, 0.4) is 0 Å². The Morgan fingerprint density at radius 2 is 1.48 bits per heavy atom. The number of nitrogens with two attached hydrogens (primary N) is 1. The molecule has 0 bridgehead atoms. The first-order chi connectivity index (χ1) is 31.0. The molecule has 2 N–H and O–H groups in total. The van der Waals surface area contributed by atoms with E-state index >= 15 is 0 Å². The number of hydrogen-bond acceptors (Lipinski definition) is 9. The van der Waals surface area contributed by atoms with E-state index < -0.39 is 35.5 Å². The Morgan fingerprint density at radius 3 is 2.06 bits per heavy atom. The molecule has 0 spiro atoms. The number of likely N-dealkylation sites (tertiary alicyclic amines) is 2. The number of amides is 3. The van der Waals surface area contributed by atoms with Crippen LogP contribution in [0.1, 0.15) is 150 Å². The number of carbonyl (C=O) groups excluding carboxylic acids is 5. The Bertz CT molecular complexity index is 1670. The lowest BCUT2D eigenvalue weighted by atomic mass is 9.83. The summed E-state index contributed by atoms with van der Waals surface area (Å²) < 4.78 is 12.3. The summed E-state index contributed by atoms with van der Waals surface area (Å²) in [6.07, 6.45) is 9.35. The summed E-state index contributed by atoms with van der Waals surface area (Å²) in [6.45, 7) is 17.8. The van der Waals surface area contributed by atoms with Gasteiger partial charge < -0.3 is 29.9 Å². The molecule has 12 heteroatoms. The molecule has 3 aliphatic rings. The van der Waals surface area contributed by atoms with Gasteiger partial charge in [0, 0.05) is 65.6 Å². The van der Waals surface area contributed by atoms with Crippen molar-refractivity contribution in [2.75, 3.05) is 61.0 Å². The van der Waals surface area contributed by atoms with Crippen molar-refractivity contribution < 1.29 is 33.4 Å². The molecule has 10 atom stereocenters. The lowest BCUT2D eigenvalue weighted by Crippen LogP contribution is -2.54. The first-order valence-corrected chi connectivity index (χ1v) is 25.4. The van der Waals surface area contributed by atoms with Gasteiger partial charge in [0.05, 0.1) is 42.2 Å². The highest BCUT2D eigenvalue weighted by molar-refractivity contribution is 5.94. The predicted molar refractivity (Wildman–Crippen MR) is 259 cm³/mol. The average molecular weight is 908 g/mol. The summed E-state index contributed by atoms with van der Waals surface area (Å²) in [5.74, 6) is -1.07. The molecule has 0 radical (unpaired) electrons. The van der Waals surface area contributed by atoms with Crippen LogP contribution in [-0.2, 0) is 33.4 Å². The van der Waals surface area contributed by atoms with Crippen molar-refractivity contribution in [1.29, 1.82) is 0 Å². The highest BCUT2D eigenvalue weighted by Crippen LogP contribution is 2.63. The number of rotatable bonds is 28. The number of ketones is 2. The molecule has 2 heterocycles. The van der Waals surface area contributed by atoms with E-state index in [2.05, 4.69) is 44.7 Å². The second-order valence-corrected chi connectivity index (χ2v) is 20.8. The van der Waals surface area contributed by atoms with Gasteiger partial charge in [0.15, 0.2) is 5.78 Å². The van der Waals surface area contributed by atoms with Crippen LogP contribution in [0.25, 0.3) is 0 Å². The lowest BCUT2D eigenvalue weighted by Gasteiger charge is -2.41. The van der Waals surface area contributed by atoms with Gasteiger partial charge in [-0.15, -0.1) is 0 Å². The molecule has 1 aliphatic carbocycles. The van der Waals surface area contributed by atoms with Crippen molar-refractivity contribution in [3.05, 3.63) is 35.9 Å². The summed E-state index contributed by atoms with van der Waals surface area (Å²) in [5.41, 5.74) is 6.03. The highest BCUT2D eigenvalue weighted by atomic mass is 16.5. The van der Waals surface area contributed by atoms with E-state index in [0.29, 0.717) is 25.9 Å². The Hall–Kier alpha value is -3.19. The van der Waals surface area contributed by atoms with Crippen LogP contribution in [0, 0.1) is 35.0 Å². The number of carbonyl (C=O) groups is 5. The Kier molecular flexibility index (Phi) is 21.6.